The summed E-state index contributed by atoms with van der Waals surface area (Å²) in [6, 6.07) is 0. The van der Waals surface area contributed by atoms with Crippen LogP contribution in [0.3, 0.4) is 0 Å². The average molecular weight is 211 g/mol. The molecule has 1 heterocycles. The van der Waals surface area contributed by atoms with E-state index in [2.05, 4.69) is 11.8 Å². The Labute approximate surface area is 88.0 Å². The van der Waals surface area contributed by atoms with Gasteiger partial charge in [0.25, 0.3) is 5.91 Å². The number of likely N-dealkylation sites (tertiary alicyclic amines) is 1. The minimum atomic E-state index is -1.01. The monoisotopic (exact) mass is 211 g/mol. The molecule has 5 heteroatoms. The molecule has 0 aromatic rings. The van der Waals surface area contributed by atoms with Crippen LogP contribution in [-0.2, 0) is 14.3 Å². The minimum absolute atomic E-state index is 0.242. The fourth-order valence-corrected chi connectivity index (χ4v) is 1.42. The Morgan fingerprint density at radius 1 is 1.53 bits per heavy atom. The SMILES string of the molecule is CC#CC(=O)N1CC(C)(OCC(=O)O)C1. The summed E-state index contributed by atoms with van der Waals surface area (Å²) in [6.07, 6.45) is 0. The second kappa shape index (κ2) is 4.32. The van der Waals surface area contributed by atoms with Crippen molar-refractivity contribution < 1.29 is 19.4 Å². The lowest BCUT2D eigenvalue weighted by Crippen LogP contribution is -2.63. The molecule has 1 fully saturated rings. The first-order valence-corrected chi connectivity index (χ1v) is 4.54. The topological polar surface area (TPSA) is 66.8 Å². The number of carbonyl (C=O) groups is 2. The Hall–Kier alpha value is -1.54. The molecule has 1 aliphatic rings. The van der Waals surface area contributed by atoms with Crippen molar-refractivity contribution in [1.82, 2.24) is 4.90 Å². The van der Waals surface area contributed by atoms with E-state index < -0.39 is 11.6 Å². The summed E-state index contributed by atoms with van der Waals surface area (Å²) in [6.45, 7) is 3.83. The van der Waals surface area contributed by atoms with E-state index in [-0.39, 0.29) is 12.5 Å². The average Bonchev–Trinajstić information content (AvgIpc) is 2.10. The van der Waals surface area contributed by atoms with Crippen molar-refractivity contribution >= 4 is 11.9 Å². The van der Waals surface area contributed by atoms with E-state index in [0.29, 0.717) is 13.1 Å². The molecule has 0 aliphatic carbocycles. The van der Waals surface area contributed by atoms with Gasteiger partial charge in [0.05, 0.1) is 13.1 Å². The Bertz CT molecular complexity index is 333. The van der Waals surface area contributed by atoms with Gasteiger partial charge in [0.15, 0.2) is 0 Å². The zero-order chi connectivity index (χ0) is 11.5. The summed E-state index contributed by atoms with van der Waals surface area (Å²) in [5, 5.41) is 8.43. The van der Waals surface area contributed by atoms with Gasteiger partial charge in [-0.2, -0.15) is 0 Å². The van der Waals surface area contributed by atoms with Crippen LogP contribution >= 0.6 is 0 Å². The maximum absolute atomic E-state index is 11.2. The molecule has 0 aromatic carbocycles. The lowest BCUT2D eigenvalue weighted by Gasteiger charge is -2.46. The number of hydrogen-bond donors (Lipinski definition) is 1. The highest BCUT2D eigenvalue weighted by atomic mass is 16.5. The van der Waals surface area contributed by atoms with E-state index in [1.807, 2.05) is 0 Å². The molecule has 0 spiro atoms. The first-order chi connectivity index (χ1) is 6.97. The highest BCUT2D eigenvalue weighted by molar-refractivity contribution is 5.94. The lowest BCUT2D eigenvalue weighted by atomic mass is 9.96. The minimum Gasteiger partial charge on any atom is -0.480 e. The van der Waals surface area contributed by atoms with Gasteiger partial charge in [0.2, 0.25) is 0 Å². The molecule has 0 saturated carbocycles. The molecule has 15 heavy (non-hydrogen) atoms. The van der Waals surface area contributed by atoms with Crippen molar-refractivity contribution in [3.63, 3.8) is 0 Å². The molecule has 0 atom stereocenters. The van der Waals surface area contributed by atoms with Crippen LogP contribution < -0.4 is 0 Å². The van der Waals surface area contributed by atoms with E-state index in [0.717, 1.165) is 0 Å². The maximum Gasteiger partial charge on any atom is 0.329 e. The van der Waals surface area contributed by atoms with E-state index in [9.17, 15) is 9.59 Å². The summed E-state index contributed by atoms with van der Waals surface area (Å²) in [5.74, 6) is 3.69. The molecule has 1 N–H and O–H groups in total. The van der Waals surface area contributed by atoms with E-state index >= 15 is 0 Å². The highest BCUT2D eigenvalue weighted by Crippen LogP contribution is 2.24. The van der Waals surface area contributed by atoms with Crippen LogP contribution in [0.2, 0.25) is 0 Å². The van der Waals surface area contributed by atoms with E-state index in [1.165, 1.54) is 4.90 Å². The summed E-state index contributed by atoms with van der Waals surface area (Å²) >= 11 is 0. The molecule has 0 aromatic heterocycles. The number of carboxylic acid groups (broad SMARTS) is 1. The summed E-state index contributed by atoms with van der Waals surface area (Å²) in [4.78, 5) is 23.0. The molecule has 0 radical (unpaired) electrons. The van der Waals surface area contributed by atoms with Crippen molar-refractivity contribution in [1.29, 1.82) is 0 Å². The third-order valence-electron chi connectivity index (χ3n) is 2.11. The molecule has 1 amide bonds. The Kier molecular flexibility index (Phi) is 3.32. The van der Waals surface area contributed by atoms with Gasteiger partial charge >= 0.3 is 5.97 Å². The van der Waals surface area contributed by atoms with Crippen LogP contribution in [0.4, 0.5) is 0 Å². The van der Waals surface area contributed by atoms with Gasteiger partial charge in [-0.05, 0) is 19.8 Å². The van der Waals surface area contributed by atoms with Crippen molar-refractivity contribution in [3.05, 3.63) is 0 Å². The highest BCUT2D eigenvalue weighted by Gasteiger charge is 2.42. The van der Waals surface area contributed by atoms with Gasteiger partial charge in [-0.1, -0.05) is 5.92 Å². The van der Waals surface area contributed by atoms with Crippen LogP contribution in [0.25, 0.3) is 0 Å². The van der Waals surface area contributed by atoms with Crippen molar-refractivity contribution in [3.8, 4) is 11.8 Å². The number of amides is 1. The fraction of sp³-hybridized carbons (Fsp3) is 0.600. The number of ether oxygens (including phenoxy) is 1. The maximum atomic E-state index is 11.2. The molecular weight excluding hydrogens is 198 g/mol. The summed E-state index contributed by atoms with van der Waals surface area (Å²) < 4.78 is 5.14. The normalized spacial score (nSPS) is 17.3. The van der Waals surface area contributed by atoms with Gasteiger partial charge < -0.3 is 14.7 Å². The van der Waals surface area contributed by atoms with Crippen molar-refractivity contribution in [2.45, 2.75) is 19.4 Å². The second-order valence-electron chi connectivity index (χ2n) is 3.67. The van der Waals surface area contributed by atoms with Crippen LogP contribution in [0.15, 0.2) is 0 Å². The van der Waals surface area contributed by atoms with Gasteiger partial charge in [-0.15, -0.1) is 0 Å². The molecule has 0 bridgehead atoms. The zero-order valence-corrected chi connectivity index (χ0v) is 8.74. The molecular formula is C10H13NO4. The summed E-state index contributed by atoms with van der Waals surface area (Å²) in [5.41, 5.74) is -0.538. The van der Waals surface area contributed by atoms with Crippen LogP contribution in [-0.4, -0.2) is 47.2 Å². The third kappa shape index (κ3) is 2.96. The first-order valence-electron chi connectivity index (χ1n) is 4.54. The Balaban J connectivity index is 2.36. The van der Waals surface area contributed by atoms with Crippen LogP contribution in [0, 0.1) is 11.8 Å². The first kappa shape index (κ1) is 11.5. The standard InChI is InChI=1S/C10H13NO4/c1-3-4-8(12)11-6-10(2,7-11)15-5-9(13)14/h5-7H2,1-2H3,(H,13,14). The number of nitrogens with zero attached hydrogens (tertiary/aromatic N) is 1. The number of hydrogen-bond acceptors (Lipinski definition) is 3. The molecule has 1 rings (SSSR count). The predicted molar refractivity (Wildman–Crippen MR) is 52.0 cm³/mol. The largest absolute Gasteiger partial charge is 0.480 e. The molecule has 0 unspecified atom stereocenters. The predicted octanol–water partition coefficient (Wildman–Crippen LogP) is -0.288. The van der Waals surface area contributed by atoms with Crippen LogP contribution in [0.5, 0.6) is 0 Å². The quantitative estimate of drug-likeness (QED) is 0.651. The smallest absolute Gasteiger partial charge is 0.329 e. The second-order valence-corrected chi connectivity index (χ2v) is 3.67. The van der Waals surface area contributed by atoms with Gasteiger partial charge in [0, 0.05) is 0 Å². The van der Waals surface area contributed by atoms with Gasteiger partial charge in [0.1, 0.15) is 12.2 Å². The van der Waals surface area contributed by atoms with E-state index in [1.54, 1.807) is 13.8 Å². The number of rotatable bonds is 3. The number of aliphatic carboxylic acids is 1. The van der Waals surface area contributed by atoms with Crippen LogP contribution in [0.1, 0.15) is 13.8 Å². The van der Waals surface area contributed by atoms with Gasteiger partial charge in [-0.25, -0.2) is 4.79 Å². The Morgan fingerprint density at radius 2 is 2.13 bits per heavy atom. The molecule has 5 nitrogen and oxygen atoms in total. The Morgan fingerprint density at radius 3 is 2.60 bits per heavy atom. The number of carbonyl (C=O) groups excluding carboxylic acids is 1. The van der Waals surface area contributed by atoms with Crippen molar-refractivity contribution in [2.24, 2.45) is 0 Å². The zero-order valence-electron chi connectivity index (χ0n) is 8.74. The van der Waals surface area contributed by atoms with E-state index in [4.69, 9.17) is 9.84 Å². The lowest BCUT2D eigenvalue weighted by molar-refractivity contribution is -0.170. The molecule has 1 aliphatic heterocycles. The fourth-order valence-electron chi connectivity index (χ4n) is 1.42. The molecule has 1 saturated heterocycles. The summed E-state index contributed by atoms with van der Waals surface area (Å²) in [7, 11) is 0. The number of carboxylic acids is 1. The van der Waals surface area contributed by atoms with Crippen molar-refractivity contribution in [2.75, 3.05) is 19.7 Å². The van der Waals surface area contributed by atoms with Gasteiger partial charge in [-0.3, -0.25) is 4.79 Å². The molecule has 82 valence electrons. The third-order valence-corrected chi connectivity index (χ3v) is 2.11.